The molecule has 1 aliphatic rings. The third-order valence-corrected chi connectivity index (χ3v) is 3.94. The number of rotatable bonds is 2. The molecule has 1 aromatic heterocycles. The van der Waals surface area contributed by atoms with Crippen molar-refractivity contribution in [2.45, 2.75) is 0 Å². The molecule has 0 saturated heterocycles. The SMILES string of the molecule is O=C1c2ccccc2C(=O)N1c1ccccc1-c1ccc(F)cn1. The minimum Gasteiger partial charge on any atom is -0.268 e. The molecule has 0 saturated carbocycles. The predicted octanol–water partition coefficient (Wildman–Crippen LogP) is 3.69. The molecule has 0 unspecified atom stereocenters. The second-order valence-electron chi connectivity index (χ2n) is 5.37. The number of nitrogens with zero attached hydrogens (tertiary/aromatic N) is 2. The maximum absolute atomic E-state index is 13.1. The second kappa shape index (κ2) is 5.38. The van der Waals surface area contributed by atoms with Crippen LogP contribution in [0.4, 0.5) is 10.1 Å². The molecule has 24 heavy (non-hydrogen) atoms. The molecule has 2 aromatic carbocycles. The fraction of sp³-hybridized carbons (Fsp3) is 0. The van der Waals surface area contributed by atoms with Gasteiger partial charge in [0.25, 0.3) is 11.8 Å². The fourth-order valence-corrected chi connectivity index (χ4v) is 2.83. The Labute approximate surface area is 137 Å². The van der Waals surface area contributed by atoms with Gasteiger partial charge in [-0.05, 0) is 30.3 Å². The monoisotopic (exact) mass is 318 g/mol. The molecule has 0 N–H and O–H groups in total. The van der Waals surface area contributed by atoms with Crippen molar-refractivity contribution in [3.63, 3.8) is 0 Å². The van der Waals surface area contributed by atoms with E-state index in [4.69, 9.17) is 0 Å². The van der Waals surface area contributed by atoms with Gasteiger partial charge in [-0.2, -0.15) is 0 Å². The summed E-state index contributed by atoms with van der Waals surface area (Å²) in [6, 6.07) is 16.5. The van der Waals surface area contributed by atoms with Gasteiger partial charge in [-0.1, -0.05) is 30.3 Å². The van der Waals surface area contributed by atoms with Crippen LogP contribution in [0.1, 0.15) is 20.7 Å². The van der Waals surface area contributed by atoms with E-state index in [9.17, 15) is 14.0 Å². The molecule has 0 bridgehead atoms. The zero-order chi connectivity index (χ0) is 16.7. The van der Waals surface area contributed by atoms with Crippen LogP contribution in [0.3, 0.4) is 0 Å². The highest BCUT2D eigenvalue weighted by molar-refractivity contribution is 6.35. The van der Waals surface area contributed by atoms with Crippen molar-refractivity contribution in [1.29, 1.82) is 0 Å². The van der Waals surface area contributed by atoms with Crippen molar-refractivity contribution in [1.82, 2.24) is 4.98 Å². The zero-order valence-electron chi connectivity index (χ0n) is 12.4. The van der Waals surface area contributed by atoms with E-state index in [1.54, 1.807) is 48.5 Å². The fourth-order valence-electron chi connectivity index (χ4n) is 2.83. The summed E-state index contributed by atoms with van der Waals surface area (Å²) in [6.45, 7) is 0. The molecule has 1 aliphatic heterocycles. The summed E-state index contributed by atoms with van der Waals surface area (Å²) in [5.41, 5.74) is 2.27. The lowest BCUT2D eigenvalue weighted by Gasteiger charge is -2.17. The van der Waals surface area contributed by atoms with Gasteiger partial charge in [0.2, 0.25) is 0 Å². The standard InChI is InChI=1S/C19H11FN2O2/c20-12-9-10-16(21-11-12)15-7-3-4-8-17(15)22-18(23)13-5-1-2-6-14(13)19(22)24/h1-11H. The molecule has 0 spiro atoms. The van der Waals surface area contributed by atoms with Crippen LogP contribution >= 0.6 is 0 Å². The Morgan fingerprint density at radius 3 is 1.92 bits per heavy atom. The minimum atomic E-state index is -0.447. The average molecular weight is 318 g/mol. The average Bonchev–Trinajstić information content (AvgIpc) is 2.87. The van der Waals surface area contributed by atoms with Crippen LogP contribution in [0.25, 0.3) is 11.3 Å². The Morgan fingerprint density at radius 1 is 0.750 bits per heavy atom. The lowest BCUT2D eigenvalue weighted by Crippen LogP contribution is -2.29. The van der Waals surface area contributed by atoms with E-state index < -0.39 is 5.82 Å². The van der Waals surface area contributed by atoms with Crippen molar-refractivity contribution in [3.8, 4) is 11.3 Å². The third kappa shape index (κ3) is 2.10. The number of aromatic nitrogens is 1. The number of pyridine rings is 1. The molecule has 2 heterocycles. The largest absolute Gasteiger partial charge is 0.268 e. The predicted molar refractivity (Wildman–Crippen MR) is 87.2 cm³/mol. The highest BCUT2D eigenvalue weighted by Crippen LogP contribution is 2.35. The highest BCUT2D eigenvalue weighted by atomic mass is 19.1. The molecule has 2 amide bonds. The van der Waals surface area contributed by atoms with E-state index >= 15 is 0 Å². The normalized spacial score (nSPS) is 13.3. The van der Waals surface area contributed by atoms with Gasteiger partial charge >= 0.3 is 0 Å². The summed E-state index contributed by atoms with van der Waals surface area (Å²) in [5.74, 6) is -1.19. The van der Waals surface area contributed by atoms with Crippen LogP contribution in [-0.2, 0) is 0 Å². The van der Waals surface area contributed by atoms with Crippen molar-refractivity contribution >= 4 is 17.5 Å². The van der Waals surface area contributed by atoms with Gasteiger partial charge in [0.15, 0.2) is 0 Å². The van der Waals surface area contributed by atoms with Crippen LogP contribution in [0.5, 0.6) is 0 Å². The number of halogens is 1. The summed E-state index contributed by atoms with van der Waals surface area (Å²) >= 11 is 0. The van der Waals surface area contributed by atoms with E-state index in [0.717, 1.165) is 11.1 Å². The number of carbonyl (C=O) groups excluding carboxylic acids is 2. The number of hydrogen-bond acceptors (Lipinski definition) is 3. The van der Waals surface area contributed by atoms with Gasteiger partial charge in [0, 0.05) is 5.56 Å². The van der Waals surface area contributed by atoms with Gasteiger partial charge in [0.05, 0.1) is 28.7 Å². The Hall–Kier alpha value is -3.34. The summed E-state index contributed by atoms with van der Waals surface area (Å²) < 4.78 is 13.1. The van der Waals surface area contributed by atoms with Crippen molar-refractivity contribution in [2.75, 3.05) is 4.90 Å². The van der Waals surface area contributed by atoms with Gasteiger partial charge < -0.3 is 0 Å². The lowest BCUT2D eigenvalue weighted by atomic mass is 10.1. The molecule has 116 valence electrons. The lowest BCUT2D eigenvalue weighted by molar-refractivity contribution is 0.0926. The van der Waals surface area contributed by atoms with Crippen LogP contribution in [0, 0.1) is 5.82 Å². The van der Waals surface area contributed by atoms with Crippen LogP contribution in [0.2, 0.25) is 0 Å². The molecule has 4 rings (SSSR count). The molecule has 0 radical (unpaired) electrons. The minimum absolute atomic E-state index is 0.370. The zero-order valence-corrected chi connectivity index (χ0v) is 12.4. The molecule has 5 heteroatoms. The van der Waals surface area contributed by atoms with Crippen LogP contribution in [0.15, 0.2) is 66.9 Å². The Bertz CT molecular complexity index is 932. The number of imide groups is 1. The Morgan fingerprint density at radius 2 is 1.33 bits per heavy atom. The number of fused-ring (bicyclic) bond motifs is 1. The molecule has 4 nitrogen and oxygen atoms in total. The molecule has 0 fully saturated rings. The number of para-hydroxylation sites is 1. The van der Waals surface area contributed by atoms with E-state index in [-0.39, 0.29) is 11.8 Å². The van der Waals surface area contributed by atoms with Crippen molar-refractivity contribution in [3.05, 3.63) is 83.8 Å². The van der Waals surface area contributed by atoms with E-state index in [1.807, 2.05) is 0 Å². The topological polar surface area (TPSA) is 50.3 Å². The smallest absolute Gasteiger partial charge is 0.266 e. The number of anilines is 1. The summed E-state index contributed by atoms with van der Waals surface area (Å²) in [6.07, 6.45) is 1.11. The van der Waals surface area contributed by atoms with Gasteiger partial charge in [-0.3, -0.25) is 14.6 Å². The first-order valence-electron chi connectivity index (χ1n) is 7.35. The van der Waals surface area contributed by atoms with Gasteiger partial charge in [-0.15, -0.1) is 0 Å². The van der Waals surface area contributed by atoms with Crippen LogP contribution in [-0.4, -0.2) is 16.8 Å². The molecule has 0 aliphatic carbocycles. The van der Waals surface area contributed by atoms with Crippen molar-refractivity contribution in [2.24, 2.45) is 0 Å². The quantitative estimate of drug-likeness (QED) is 0.677. The number of benzene rings is 2. The Kier molecular flexibility index (Phi) is 3.20. The summed E-state index contributed by atoms with van der Waals surface area (Å²) in [7, 11) is 0. The molecule has 0 atom stereocenters. The highest BCUT2D eigenvalue weighted by Gasteiger charge is 2.37. The van der Waals surface area contributed by atoms with E-state index in [2.05, 4.69) is 4.98 Å². The van der Waals surface area contributed by atoms with Crippen LogP contribution < -0.4 is 4.90 Å². The van der Waals surface area contributed by atoms with E-state index in [1.165, 1.54) is 12.1 Å². The third-order valence-electron chi connectivity index (χ3n) is 3.94. The Balaban J connectivity index is 1.86. The summed E-state index contributed by atoms with van der Waals surface area (Å²) in [5, 5.41) is 0. The maximum atomic E-state index is 13.1. The molecule has 3 aromatic rings. The molecular weight excluding hydrogens is 307 g/mol. The van der Waals surface area contributed by atoms with E-state index in [0.29, 0.717) is 28.1 Å². The summed E-state index contributed by atoms with van der Waals surface area (Å²) in [4.78, 5) is 30.5. The first-order chi connectivity index (χ1) is 11.7. The number of hydrogen-bond donors (Lipinski definition) is 0. The number of carbonyl (C=O) groups is 2. The number of amides is 2. The second-order valence-corrected chi connectivity index (χ2v) is 5.37. The van der Waals surface area contributed by atoms with Gasteiger partial charge in [0.1, 0.15) is 5.82 Å². The molecular formula is C19H11FN2O2. The van der Waals surface area contributed by atoms with Gasteiger partial charge in [-0.25, -0.2) is 9.29 Å². The first-order valence-corrected chi connectivity index (χ1v) is 7.35. The maximum Gasteiger partial charge on any atom is 0.266 e. The first kappa shape index (κ1) is 14.3. The van der Waals surface area contributed by atoms with Crippen molar-refractivity contribution < 1.29 is 14.0 Å².